The molecule has 144 valence electrons. The molecule has 1 heterocycles. The van der Waals surface area contributed by atoms with Gasteiger partial charge < -0.3 is 5.32 Å². The van der Waals surface area contributed by atoms with E-state index in [9.17, 15) is 14.4 Å². The highest BCUT2D eigenvalue weighted by atomic mass is 35.5. The largest absolute Gasteiger partial charge is 0.322 e. The zero-order valence-corrected chi connectivity index (χ0v) is 16.6. The Kier molecular flexibility index (Phi) is 4.68. The fourth-order valence-corrected chi connectivity index (χ4v) is 3.60. The fourth-order valence-electron chi connectivity index (χ4n) is 3.38. The first-order valence-corrected chi connectivity index (χ1v) is 9.40. The molecular formula is C23H17ClN2O3. The number of hydrogen-bond donors (Lipinski definition) is 1. The number of amides is 3. The zero-order valence-electron chi connectivity index (χ0n) is 15.8. The number of nitrogens with one attached hydrogen (secondary N) is 1. The molecule has 0 bridgehead atoms. The molecule has 3 amide bonds. The minimum atomic E-state index is -0.434. The quantitative estimate of drug-likeness (QED) is 0.624. The van der Waals surface area contributed by atoms with E-state index in [2.05, 4.69) is 5.32 Å². The maximum absolute atomic E-state index is 12.9. The molecule has 0 atom stereocenters. The van der Waals surface area contributed by atoms with Crippen LogP contribution in [0.25, 0.3) is 0 Å². The van der Waals surface area contributed by atoms with Gasteiger partial charge in [0.2, 0.25) is 0 Å². The van der Waals surface area contributed by atoms with Gasteiger partial charge >= 0.3 is 0 Å². The minimum Gasteiger partial charge on any atom is -0.322 e. The summed E-state index contributed by atoms with van der Waals surface area (Å²) in [5.41, 5.74) is 3.62. The summed E-state index contributed by atoms with van der Waals surface area (Å²) >= 11 is 5.95. The second kappa shape index (κ2) is 7.18. The number of rotatable bonds is 3. The molecule has 3 aromatic carbocycles. The van der Waals surface area contributed by atoms with Crippen LogP contribution in [0.2, 0.25) is 5.02 Å². The molecule has 0 saturated carbocycles. The van der Waals surface area contributed by atoms with E-state index in [1.54, 1.807) is 36.4 Å². The molecule has 1 aliphatic heterocycles. The van der Waals surface area contributed by atoms with E-state index >= 15 is 0 Å². The van der Waals surface area contributed by atoms with Crippen LogP contribution in [-0.4, -0.2) is 17.7 Å². The van der Waals surface area contributed by atoms with Gasteiger partial charge in [-0.1, -0.05) is 29.8 Å². The van der Waals surface area contributed by atoms with E-state index in [-0.39, 0.29) is 22.9 Å². The number of imide groups is 1. The van der Waals surface area contributed by atoms with Crippen molar-refractivity contribution >= 4 is 40.7 Å². The highest BCUT2D eigenvalue weighted by Gasteiger charge is 2.37. The Morgan fingerprint density at radius 3 is 2.31 bits per heavy atom. The van der Waals surface area contributed by atoms with Crippen LogP contribution in [-0.2, 0) is 0 Å². The maximum Gasteiger partial charge on any atom is 0.266 e. The molecule has 5 nitrogen and oxygen atoms in total. The van der Waals surface area contributed by atoms with E-state index < -0.39 is 5.91 Å². The van der Waals surface area contributed by atoms with Gasteiger partial charge in [0.25, 0.3) is 17.7 Å². The molecule has 0 saturated heterocycles. The third-order valence-corrected chi connectivity index (χ3v) is 5.18. The Bertz CT molecular complexity index is 1190. The molecule has 0 unspecified atom stereocenters. The predicted molar refractivity (Wildman–Crippen MR) is 113 cm³/mol. The summed E-state index contributed by atoms with van der Waals surface area (Å²) in [5, 5.41) is 3.40. The highest BCUT2D eigenvalue weighted by Crippen LogP contribution is 2.31. The van der Waals surface area contributed by atoms with Gasteiger partial charge in [-0.2, -0.15) is 0 Å². The minimum absolute atomic E-state index is 0.221. The molecule has 0 aromatic heterocycles. The van der Waals surface area contributed by atoms with Gasteiger partial charge in [0, 0.05) is 16.3 Å². The van der Waals surface area contributed by atoms with Crippen molar-refractivity contribution in [2.75, 3.05) is 10.2 Å². The molecular weight excluding hydrogens is 388 g/mol. The van der Waals surface area contributed by atoms with Crippen LogP contribution >= 0.6 is 11.6 Å². The van der Waals surface area contributed by atoms with Crippen molar-refractivity contribution in [1.82, 2.24) is 0 Å². The summed E-state index contributed by atoms with van der Waals surface area (Å²) < 4.78 is 0. The normalized spacial score (nSPS) is 12.9. The maximum atomic E-state index is 12.9. The van der Waals surface area contributed by atoms with Crippen molar-refractivity contribution in [3.63, 3.8) is 0 Å². The standard InChI is InChI=1S/C23H17ClN2O3/c1-13-5-3-4-6-20(13)26-22(28)17-9-7-15(12-18(17)23(26)29)21(27)25-19-10-8-16(24)11-14(19)2/h3-12H,1-2H3,(H,25,27). The molecule has 4 rings (SSSR count). The zero-order chi connectivity index (χ0) is 20.7. The first-order valence-electron chi connectivity index (χ1n) is 9.03. The van der Waals surface area contributed by atoms with Crippen molar-refractivity contribution < 1.29 is 14.4 Å². The second-order valence-electron chi connectivity index (χ2n) is 6.91. The molecule has 1 aliphatic rings. The van der Waals surface area contributed by atoms with Crippen molar-refractivity contribution in [2.45, 2.75) is 13.8 Å². The van der Waals surface area contributed by atoms with Gasteiger partial charge in [0.15, 0.2) is 0 Å². The number of para-hydroxylation sites is 1. The SMILES string of the molecule is Cc1cc(Cl)ccc1NC(=O)c1ccc2c(c1)C(=O)N(c1ccccc1C)C2=O. The Hall–Kier alpha value is -3.44. The van der Waals surface area contributed by atoms with Crippen LogP contribution < -0.4 is 10.2 Å². The van der Waals surface area contributed by atoms with Gasteiger partial charge in [-0.15, -0.1) is 0 Å². The van der Waals surface area contributed by atoms with Crippen LogP contribution in [0.4, 0.5) is 11.4 Å². The summed E-state index contributed by atoms with van der Waals surface area (Å²) in [4.78, 5) is 39.6. The fraction of sp³-hybridized carbons (Fsp3) is 0.0870. The number of carbonyl (C=O) groups excluding carboxylic acids is 3. The predicted octanol–water partition coefficient (Wildman–Crippen LogP) is 5.01. The Balaban J connectivity index is 1.65. The summed E-state index contributed by atoms with van der Waals surface area (Å²) in [6, 6.07) is 16.9. The first kappa shape index (κ1) is 18.9. The molecule has 0 fully saturated rings. The summed E-state index contributed by atoms with van der Waals surface area (Å²) in [6.45, 7) is 3.68. The molecule has 1 N–H and O–H groups in total. The number of anilines is 2. The number of nitrogens with zero attached hydrogens (tertiary/aromatic N) is 1. The van der Waals surface area contributed by atoms with Crippen LogP contribution in [0.1, 0.15) is 42.2 Å². The van der Waals surface area contributed by atoms with Crippen LogP contribution in [0.5, 0.6) is 0 Å². The van der Waals surface area contributed by atoms with Gasteiger partial charge in [-0.05, 0) is 67.4 Å². The van der Waals surface area contributed by atoms with Gasteiger partial charge in [-0.3, -0.25) is 14.4 Å². The summed E-state index contributed by atoms with van der Waals surface area (Å²) in [6.07, 6.45) is 0. The lowest BCUT2D eigenvalue weighted by atomic mass is 10.0. The lowest BCUT2D eigenvalue weighted by Gasteiger charge is -2.16. The Morgan fingerprint density at radius 1 is 0.862 bits per heavy atom. The van der Waals surface area contributed by atoms with E-state index in [0.29, 0.717) is 22.0 Å². The van der Waals surface area contributed by atoms with Gasteiger partial charge in [0.05, 0.1) is 16.8 Å². The molecule has 0 spiro atoms. The Labute approximate surface area is 172 Å². The summed E-state index contributed by atoms with van der Waals surface area (Å²) in [5.74, 6) is -1.19. The second-order valence-corrected chi connectivity index (χ2v) is 7.34. The Morgan fingerprint density at radius 2 is 1.59 bits per heavy atom. The third kappa shape index (κ3) is 3.30. The molecule has 0 radical (unpaired) electrons. The van der Waals surface area contributed by atoms with Gasteiger partial charge in [0.1, 0.15) is 0 Å². The van der Waals surface area contributed by atoms with Crippen LogP contribution in [0.15, 0.2) is 60.7 Å². The van der Waals surface area contributed by atoms with E-state index in [1.165, 1.54) is 12.1 Å². The van der Waals surface area contributed by atoms with Crippen molar-refractivity contribution in [3.05, 3.63) is 93.5 Å². The van der Waals surface area contributed by atoms with E-state index in [4.69, 9.17) is 11.6 Å². The monoisotopic (exact) mass is 404 g/mol. The number of carbonyl (C=O) groups is 3. The third-order valence-electron chi connectivity index (χ3n) is 4.94. The lowest BCUT2D eigenvalue weighted by molar-refractivity contribution is 0.0925. The average molecular weight is 405 g/mol. The topological polar surface area (TPSA) is 66.5 Å². The highest BCUT2D eigenvalue weighted by molar-refractivity contribution is 6.35. The smallest absolute Gasteiger partial charge is 0.266 e. The number of hydrogen-bond acceptors (Lipinski definition) is 3. The van der Waals surface area contributed by atoms with E-state index in [0.717, 1.165) is 16.0 Å². The molecule has 6 heteroatoms. The van der Waals surface area contributed by atoms with Crippen molar-refractivity contribution in [3.8, 4) is 0 Å². The number of fused-ring (bicyclic) bond motifs is 1. The number of benzene rings is 3. The van der Waals surface area contributed by atoms with Gasteiger partial charge in [-0.25, -0.2) is 4.90 Å². The first-order chi connectivity index (χ1) is 13.9. The van der Waals surface area contributed by atoms with Crippen LogP contribution in [0, 0.1) is 13.8 Å². The summed E-state index contributed by atoms with van der Waals surface area (Å²) in [7, 11) is 0. The van der Waals surface area contributed by atoms with Crippen molar-refractivity contribution in [2.24, 2.45) is 0 Å². The van der Waals surface area contributed by atoms with Crippen LogP contribution in [0.3, 0.4) is 0 Å². The number of aryl methyl sites for hydroxylation is 2. The van der Waals surface area contributed by atoms with Crippen molar-refractivity contribution in [1.29, 1.82) is 0 Å². The number of halogens is 1. The van der Waals surface area contributed by atoms with E-state index in [1.807, 2.05) is 26.0 Å². The molecule has 29 heavy (non-hydrogen) atoms. The molecule has 3 aromatic rings. The average Bonchev–Trinajstić information content (AvgIpc) is 2.94. The lowest BCUT2D eigenvalue weighted by Crippen LogP contribution is -2.29. The molecule has 0 aliphatic carbocycles.